The SMILES string of the molecule is c1ccc2c(c1)Oc1ccccc1N2c1cnc2c(c1)C1(c3ccccc3Oc3ccc(N4c5ccccc5Sc5ccccc54)cc31)c1cc(-n3c4ccccc4c4ccccc43)cnc1-2. The first-order valence-electron chi connectivity index (χ1n) is 22.5. The van der Waals surface area contributed by atoms with Crippen LogP contribution in [-0.2, 0) is 5.41 Å². The molecule has 0 radical (unpaired) electrons. The summed E-state index contributed by atoms with van der Waals surface area (Å²) in [4.78, 5) is 18.0. The number of hydrogen-bond acceptors (Lipinski definition) is 7. The highest BCUT2D eigenvalue weighted by Crippen LogP contribution is 2.64. The Morgan fingerprint density at radius 3 is 1.49 bits per heavy atom. The Hall–Kier alpha value is -8.59. The molecule has 0 bridgehead atoms. The Labute approximate surface area is 389 Å². The van der Waals surface area contributed by atoms with Gasteiger partial charge in [0, 0.05) is 48.5 Å². The number of aromatic nitrogens is 3. The number of anilines is 6. The number of pyridine rings is 2. The highest BCUT2D eigenvalue weighted by atomic mass is 32.2. The van der Waals surface area contributed by atoms with E-state index in [2.05, 4.69) is 190 Å². The van der Waals surface area contributed by atoms with E-state index in [1.807, 2.05) is 48.4 Å². The molecule has 1 spiro atoms. The van der Waals surface area contributed by atoms with E-state index < -0.39 is 5.41 Å². The Morgan fingerprint density at radius 1 is 0.373 bits per heavy atom. The fourth-order valence-electron chi connectivity index (χ4n) is 11.2. The largest absolute Gasteiger partial charge is 0.457 e. The molecule has 67 heavy (non-hydrogen) atoms. The average Bonchev–Trinajstić information content (AvgIpc) is 3.87. The van der Waals surface area contributed by atoms with Crippen molar-refractivity contribution < 1.29 is 9.47 Å². The molecule has 6 heterocycles. The molecule has 8 aromatic carbocycles. The first-order chi connectivity index (χ1) is 33.2. The fraction of sp³-hybridized carbons (Fsp3) is 0.0169. The molecule has 0 saturated carbocycles. The summed E-state index contributed by atoms with van der Waals surface area (Å²) in [7, 11) is 0. The molecule has 314 valence electrons. The third-order valence-electron chi connectivity index (χ3n) is 13.9. The lowest BCUT2D eigenvalue weighted by Crippen LogP contribution is -2.33. The van der Waals surface area contributed by atoms with Crippen LogP contribution in [0, 0.1) is 0 Å². The summed E-state index contributed by atoms with van der Waals surface area (Å²) in [6.07, 6.45) is 4.01. The molecule has 0 saturated heterocycles. The fourth-order valence-corrected chi connectivity index (χ4v) is 12.2. The van der Waals surface area contributed by atoms with Gasteiger partial charge in [0.2, 0.25) is 0 Å². The number of fused-ring (bicyclic) bond motifs is 16. The maximum Gasteiger partial charge on any atom is 0.151 e. The van der Waals surface area contributed by atoms with Crippen LogP contribution in [0.25, 0.3) is 38.9 Å². The molecule has 1 aliphatic carbocycles. The van der Waals surface area contributed by atoms with Crippen LogP contribution in [0.2, 0.25) is 0 Å². The van der Waals surface area contributed by atoms with Gasteiger partial charge in [-0.15, -0.1) is 0 Å². The third-order valence-corrected chi connectivity index (χ3v) is 15.0. The van der Waals surface area contributed by atoms with Gasteiger partial charge in [0.25, 0.3) is 0 Å². The number of nitrogens with zero attached hydrogens (tertiary/aromatic N) is 5. The zero-order valence-corrected chi connectivity index (χ0v) is 36.5. The second-order valence-electron chi connectivity index (χ2n) is 17.3. The predicted octanol–water partition coefficient (Wildman–Crippen LogP) is 15.6. The molecule has 0 amide bonds. The van der Waals surface area contributed by atoms with Crippen LogP contribution in [0.5, 0.6) is 23.0 Å². The van der Waals surface area contributed by atoms with Gasteiger partial charge in [-0.2, -0.15) is 0 Å². The van der Waals surface area contributed by atoms with Gasteiger partial charge in [0.15, 0.2) is 11.5 Å². The summed E-state index contributed by atoms with van der Waals surface area (Å²) < 4.78 is 15.9. The number of ether oxygens (including phenoxy) is 2. The highest BCUT2D eigenvalue weighted by Gasteiger charge is 2.53. The summed E-state index contributed by atoms with van der Waals surface area (Å²) in [5.74, 6) is 3.14. The summed E-state index contributed by atoms with van der Waals surface area (Å²) in [5.41, 5.74) is 14.2. The average molecular weight is 878 g/mol. The van der Waals surface area contributed by atoms with Crippen LogP contribution in [0.4, 0.5) is 34.1 Å². The van der Waals surface area contributed by atoms with Crippen molar-refractivity contribution in [2.75, 3.05) is 9.80 Å². The lowest BCUT2D eigenvalue weighted by molar-refractivity contribution is 0.436. The topological polar surface area (TPSA) is 55.7 Å². The minimum Gasteiger partial charge on any atom is -0.457 e. The number of para-hydroxylation sites is 9. The monoisotopic (exact) mass is 877 g/mol. The summed E-state index contributed by atoms with van der Waals surface area (Å²) in [5, 5.41) is 2.39. The molecule has 1 unspecified atom stereocenters. The lowest BCUT2D eigenvalue weighted by Gasteiger charge is -2.41. The van der Waals surface area contributed by atoms with E-state index in [9.17, 15) is 0 Å². The van der Waals surface area contributed by atoms with E-state index in [0.29, 0.717) is 0 Å². The first kappa shape index (κ1) is 36.7. The maximum absolute atomic E-state index is 7.04. The minimum absolute atomic E-state index is 0.781. The molecule has 15 rings (SSSR count). The molecule has 11 aromatic rings. The Kier molecular flexibility index (Phi) is 7.52. The number of rotatable bonds is 3. The van der Waals surface area contributed by atoms with E-state index in [-0.39, 0.29) is 0 Å². The number of benzene rings is 8. The predicted molar refractivity (Wildman–Crippen MR) is 267 cm³/mol. The van der Waals surface area contributed by atoms with Crippen molar-refractivity contribution in [1.29, 1.82) is 0 Å². The second kappa shape index (κ2) is 13.7. The second-order valence-corrected chi connectivity index (χ2v) is 18.4. The highest BCUT2D eigenvalue weighted by molar-refractivity contribution is 7.99. The normalized spacial score (nSPS) is 15.6. The molecule has 0 N–H and O–H groups in total. The van der Waals surface area contributed by atoms with Crippen molar-refractivity contribution in [2.24, 2.45) is 0 Å². The zero-order chi connectivity index (χ0) is 43.8. The van der Waals surface area contributed by atoms with Crippen molar-refractivity contribution in [3.05, 3.63) is 235 Å². The van der Waals surface area contributed by atoms with E-state index in [4.69, 9.17) is 19.4 Å². The van der Waals surface area contributed by atoms with E-state index in [0.717, 1.165) is 107 Å². The quantitative estimate of drug-likeness (QED) is 0.175. The summed E-state index contributed by atoms with van der Waals surface area (Å²) >= 11 is 1.81. The Morgan fingerprint density at radius 2 is 0.836 bits per heavy atom. The van der Waals surface area contributed by atoms with Crippen molar-refractivity contribution in [1.82, 2.24) is 14.5 Å². The van der Waals surface area contributed by atoms with Crippen LogP contribution >= 0.6 is 11.8 Å². The lowest BCUT2D eigenvalue weighted by atomic mass is 9.66. The van der Waals surface area contributed by atoms with E-state index in [1.165, 1.54) is 20.6 Å². The zero-order valence-electron chi connectivity index (χ0n) is 35.7. The molecular formula is C59H35N5O2S. The minimum atomic E-state index is -0.926. The Bertz CT molecular complexity index is 3770. The molecular weight excluding hydrogens is 843 g/mol. The van der Waals surface area contributed by atoms with Crippen LogP contribution < -0.4 is 19.3 Å². The molecule has 8 heteroatoms. The summed E-state index contributed by atoms with van der Waals surface area (Å²) in [6, 6.07) is 71.0. The molecule has 7 nitrogen and oxygen atoms in total. The molecule has 3 aromatic heterocycles. The molecule has 1 atom stereocenters. The maximum atomic E-state index is 7.04. The van der Waals surface area contributed by atoms with Crippen LogP contribution in [-0.4, -0.2) is 14.5 Å². The molecule has 3 aliphatic heterocycles. The van der Waals surface area contributed by atoms with Gasteiger partial charge in [-0.05, 0) is 97.1 Å². The molecule has 0 fully saturated rings. The summed E-state index contributed by atoms with van der Waals surface area (Å²) in [6.45, 7) is 0. The smallest absolute Gasteiger partial charge is 0.151 e. The van der Waals surface area contributed by atoms with Crippen LogP contribution in [0.3, 0.4) is 0 Å². The van der Waals surface area contributed by atoms with E-state index >= 15 is 0 Å². The van der Waals surface area contributed by atoms with Crippen molar-refractivity contribution in [3.8, 4) is 40.1 Å². The third kappa shape index (κ3) is 5.02. The van der Waals surface area contributed by atoms with Gasteiger partial charge in [0.1, 0.15) is 11.5 Å². The first-order valence-corrected chi connectivity index (χ1v) is 23.3. The van der Waals surface area contributed by atoms with Gasteiger partial charge in [-0.3, -0.25) is 9.97 Å². The van der Waals surface area contributed by atoms with Crippen LogP contribution in [0.1, 0.15) is 22.3 Å². The van der Waals surface area contributed by atoms with Gasteiger partial charge in [0.05, 0.1) is 74.4 Å². The van der Waals surface area contributed by atoms with E-state index in [1.54, 1.807) is 0 Å². The van der Waals surface area contributed by atoms with Crippen molar-refractivity contribution in [3.63, 3.8) is 0 Å². The molecule has 4 aliphatic rings. The van der Waals surface area contributed by atoms with Gasteiger partial charge < -0.3 is 23.8 Å². The van der Waals surface area contributed by atoms with Gasteiger partial charge in [-0.25, -0.2) is 0 Å². The van der Waals surface area contributed by atoms with Crippen LogP contribution in [0.15, 0.2) is 222 Å². The Balaban J connectivity index is 1.05. The van der Waals surface area contributed by atoms with Gasteiger partial charge >= 0.3 is 0 Å². The van der Waals surface area contributed by atoms with Crippen molar-refractivity contribution >= 4 is 67.7 Å². The van der Waals surface area contributed by atoms with Gasteiger partial charge in [-0.1, -0.05) is 115 Å². The number of hydrogen-bond donors (Lipinski definition) is 0. The standard InChI is InChI=1S/C59H35N5O2S/c1-4-18-45-39(15-1)40-16-2-5-19-46(40)63(45)37-32-43-57(60-34-37)58-44(33-38(35-61-58)64-47-20-6-11-25-53(47)66-54-26-12-7-21-48(54)64)59(43)41-17-3-10-24-51(41)65-52-30-29-36(31-42(52)59)62-49-22-8-13-27-55(49)67-56-28-14-9-23-50(56)62/h1-35H. The van der Waals surface area contributed by atoms with Crippen molar-refractivity contribution in [2.45, 2.75) is 15.2 Å².